The summed E-state index contributed by atoms with van der Waals surface area (Å²) in [6.45, 7) is 2.00. The van der Waals surface area contributed by atoms with E-state index in [4.69, 9.17) is 16.3 Å². The highest BCUT2D eigenvalue weighted by atomic mass is 35.5. The van der Waals surface area contributed by atoms with Gasteiger partial charge >= 0.3 is 0 Å². The van der Waals surface area contributed by atoms with Gasteiger partial charge in [-0.25, -0.2) is 0 Å². The second-order valence-corrected chi connectivity index (χ2v) is 9.02. The highest BCUT2D eigenvalue weighted by molar-refractivity contribution is 6.30. The average Bonchev–Trinajstić information content (AvgIpc) is 2.88. The second-order valence-electron chi connectivity index (χ2n) is 8.59. The summed E-state index contributed by atoms with van der Waals surface area (Å²) in [6, 6.07) is 24.3. The van der Waals surface area contributed by atoms with Crippen molar-refractivity contribution in [2.45, 2.75) is 25.8 Å². The molecular weight excluding hydrogens is 462 g/mol. The van der Waals surface area contributed by atoms with E-state index in [0.29, 0.717) is 28.8 Å². The summed E-state index contributed by atoms with van der Waals surface area (Å²) in [5.74, 6) is 1.10. The number of hydrogen-bond donors (Lipinski definition) is 1. The SMILES string of the molecule is O=C(CN(CC(=O)N1CCCCC1)c1ccccc1Oc1ccccc1)NCc1cccc(Cl)c1. The Labute approximate surface area is 211 Å². The molecule has 0 bridgehead atoms. The molecule has 1 aliphatic rings. The highest BCUT2D eigenvalue weighted by Gasteiger charge is 2.23. The van der Waals surface area contributed by atoms with Gasteiger partial charge in [-0.2, -0.15) is 0 Å². The Balaban J connectivity index is 1.52. The number of carbonyl (C=O) groups excluding carboxylic acids is 2. The average molecular weight is 492 g/mol. The fourth-order valence-corrected chi connectivity index (χ4v) is 4.34. The van der Waals surface area contributed by atoms with Crippen LogP contribution in [0.15, 0.2) is 78.9 Å². The molecule has 182 valence electrons. The minimum atomic E-state index is -0.189. The molecule has 0 aromatic heterocycles. The normalized spacial score (nSPS) is 13.2. The minimum Gasteiger partial charge on any atom is -0.455 e. The lowest BCUT2D eigenvalue weighted by molar-refractivity contribution is -0.130. The van der Waals surface area contributed by atoms with Gasteiger partial charge in [-0.15, -0.1) is 0 Å². The van der Waals surface area contributed by atoms with Crippen LogP contribution in [0.2, 0.25) is 5.02 Å². The lowest BCUT2D eigenvalue weighted by atomic mass is 10.1. The number of rotatable bonds is 9. The summed E-state index contributed by atoms with van der Waals surface area (Å²) in [7, 11) is 0. The van der Waals surface area contributed by atoms with Crippen LogP contribution in [0.1, 0.15) is 24.8 Å². The third-order valence-electron chi connectivity index (χ3n) is 5.93. The topological polar surface area (TPSA) is 61.9 Å². The van der Waals surface area contributed by atoms with Gasteiger partial charge in [0.2, 0.25) is 11.8 Å². The van der Waals surface area contributed by atoms with Crippen molar-refractivity contribution in [1.82, 2.24) is 10.2 Å². The van der Waals surface area contributed by atoms with Crippen molar-refractivity contribution in [2.75, 3.05) is 31.1 Å². The van der Waals surface area contributed by atoms with Crippen LogP contribution in [0.3, 0.4) is 0 Å². The number of nitrogens with one attached hydrogen (secondary N) is 1. The maximum absolute atomic E-state index is 13.1. The van der Waals surface area contributed by atoms with Crippen LogP contribution >= 0.6 is 11.6 Å². The Bertz CT molecular complexity index is 1130. The van der Waals surface area contributed by atoms with E-state index in [9.17, 15) is 9.59 Å². The van der Waals surface area contributed by atoms with Crippen LogP contribution < -0.4 is 15.0 Å². The van der Waals surface area contributed by atoms with Gasteiger partial charge in [-0.05, 0) is 61.2 Å². The number of halogens is 1. The maximum atomic E-state index is 13.1. The molecular formula is C28H30ClN3O3. The summed E-state index contributed by atoms with van der Waals surface area (Å²) in [5, 5.41) is 3.57. The van der Waals surface area contributed by atoms with Crippen molar-refractivity contribution in [1.29, 1.82) is 0 Å². The van der Waals surface area contributed by atoms with E-state index in [2.05, 4.69) is 5.32 Å². The number of benzene rings is 3. The lowest BCUT2D eigenvalue weighted by Crippen LogP contribution is -2.46. The van der Waals surface area contributed by atoms with Crippen molar-refractivity contribution in [3.63, 3.8) is 0 Å². The van der Waals surface area contributed by atoms with Gasteiger partial charge in [0.15, 0.2) is 5.75 Å². The van der Waals surface area contributed by atoms with Gasteiger partial charge < -0.3 is 19.9 Å². The molecule has 0 atom stereocenters. The number of anilines is 1. The lowest BCUT2D eigenvalue weighted by Gasteiger charge is -2.31. The van der Waals surface area contributed by atoms with Crippen LogP contribution in [-0.4, -0.2) is 42.9 Å². The predicted octanol–water partition coefficient (Wildman–Crippen LogP) is 5.27. The Morgan fingerprint density at radius 2 is 1.63 bits per heavy atom. The molecule has 2 amide bonds. The van der Waals surface area contributed by atoms with E-state index in [1.165, 1.54) is 0 Å². The molecule has 0 unspecified atom stereocenters. The number of likely N-dealkylation sites (tertiary alicyclic amines) is 1. The number of carbonyl (C=O) groups is 2. The van der Waals surface area contributed by atoms with E-state index in [0.717, 1.165) is 37.9 Å². The molecule has 0 radical (unpaired) electrons. The van der Waals surface area contributed by atoms with Crippen molar-refractivity contribution in [3.05, 3.63) is 89.4 Å². The van der Waals surface area contributed by atoms with Crippen molar-refractivity contribution in [3.8, 4) is 11.5 Å². The molecule has 7 heteroatoms. The Morgan fingerprint density at radius 3 is 2.40 bits per heavy atom. The smallest absolute Gasteiger partial charge is 0.242 e. The summed E-state index contributed by atoms with van der Waals surface area (Å²) in [6.07, 6.45) is 3.17. The molecule has 1 saturated heterocycles. The van der Waals surface area contributed by atoms with Crippen molar-refractivity contribution >= 4 is 29.1 Å². The first-order valence-corrected chi connectivity index (χ1v) is 12.3. The summed E-state index contributed by atoms with van der Waals surface area (Å²) in [4.78, 5) is 29.8. The second kappa shape index (κ2) is 12.3. The van der Waals surface area contributed by atoms with Crippen LogP contribution in [0.25, 0.3) is 0 Å². The quantitative estimate of drug-likeness (QED) is 0.443. The predicted molar refractivity (Wildman–Crippen MR) is 139 cm³/mol. The molecule has 1 aliphatic heterocycles. The molecule has 3 aromatic carbocycles. The first kappa shape index (κ1) is 24.6. The third-order valence-corrected chi connectivity index (χ3v) is 6.16. The molecule has 1 fully saturated rings. The molecule has 0 saturated carbocycles. The molecule has 4 rings (SSSR count). The molecule has 3 aromatic rings. The largest absolute Gasteiger partial charge is 0.455 e. The van der Waals surface area contributed by atoms with E-state index in [-0.39, 0.29) is 24.9 Å². The standard InChI is InChI=1S/C28H30ClN3O3/c29-23-11-9-10-22(18-23)19-30-27(33)20-32(21-28(34)31-16-7-2-8-17-31)25-14-5-6-15-26(25)35-24-12-3-1-4-13-24/h1,3-6,9-15,18H,2,7-8,16-17,19-21H2,(H,30,33). The Morgan fingerprint density at radius 1 is 0.886 bits per heavy atom. The monoisotopic (exact) mass is 491 g/mol. The summed E-state index contributed by atoms with van der Waals surface area (Å²) >= 11 is 6.06. The molecule has 0 spiro atoms. The third kappa shape index (κ3) is 7.23. The molecule has 0 aliphatic carbocycles. The molecule has 1 heterocycles. The fourth-order valence-electron chi connectivity index (χ4n) is 4.13. The van der Waals surface area contributed by atoms with Gasteiger partial charge in [0.1, 0.15) is 5.75 Å². The van der Waals surface area contributed by atoms with Gasteiger partial charge in [0, 0.05) is 24.7 Å². The van der Waals surface area contributed by atoms with Crippen molar-refractivity contribution < 1.29 is 14.3 Å². The zero-order valence-corrected chi connectivity index (χ0v) is 20.4. The number of para-hydroxylation sites is 3. The molecule has 1 N–H and O–H groups in total. The summed E-state index contributed by atoms with van der Waals surface area (Å²) < 4.78 is 6.13. The molecule has 35 heavy (non-hydrogen) atoms. The van der Waals surface area contributed by atoms with Crippen molar-refractivity contribution in [2.24, 2.45) is 0 Å². The highest BCUT2D eigenvalue weighted by Crippen LogP contribution is 2.32. The first-order valence-electron chi connectivity index (χ1n) is 11.9. The number of amides is 2. The van der Waals surface area contributed by atoms with E-state index in [1.54, 1.807) is 11.0 Å². The van der Waals surface area contributed by atoms with E-state index < -0.39 is 0 Å². The Hall–Kier alpha value is -3.51. The fraction of sp³-hybridized carbons (Fsp3) is 0.286. The number of ether oxygens (including phenoxy) is 1. The minimum absolute atomic E-state index is 0.0156. The van der Waals surface area contributed by atoms with E-state index >= 15 is 0 Å². The number of nitrogens with zero attached hydrogens (tertiary/aromatic N) is 2. The number of piperidine rings is 1. The zero-order chi connectivity index (χ0) is 24.5. The maximum Gasteiger partial charge on any atom is 0.242 e. The summed E-state index contributed by atoms with van der Waals surface area (Å²) in [5.41, 5.74) is 1.61. The number of hydrogen-bond acceptors (Lipinski definition) is 4. The zero-order valence-electron chi connectivity index (χ0n) is 19.7. The van der Waals surface area contributed by atoms with Gasteiger partial charge in [0.25, 0.3) is 0 Å². The van der Waals surface area contributed by atoms with Gasteiger partial charge in [0.05, 0.1) is 18.8 Å². The van der Waals surface area contributed by atoms with Crippen LogP contribution in [0.5, 0.6) is 11.5 Å². The van der Waals surface area contributed by atoms with E-state index in [1.807, 2.05) is 77.7 Å². The van der Waals surface area contributed by atoms with Crippen LogP contribution in [0, 0.1) is 0 Å². The molecule has 6 nitrogen and oxygen atoms in total. The van der Waals surface area contributed by atoms with Crippen LogP contribution in [-0.2, 0) is 16.1 Å². The van der Waals surface area contributed by atoms with Gasteiger partial charge in [-0.3, -0.25) is 9.59 Å². The Kier molecular flexibility index (Phi) is 8.63. The first-order chi connectivity index (χ1) is 17.1. The van der Waals surface area contributed by atoms with Gasteiger partial charge in [-0.1, -0.05) is 54.1 Å². The van der Waals surface area contributed by atoms with Crippen LogP contribution in [0.4, 0.5) is 5.69 Å².